The molecule has 0 heterocycles. The van der Waals surface area contributed by atoms with Crippen molar-refractivity contribution in [1.29, 1.82) is 0 Å². The third kappa shape index (κ3) is 4.78. The van der Waals surface area contributed by atoms with Crippen molar-refractivity contribution in [3.05, 3.63) is 35.5 Å². The van der Waals surface area contributed by atoms with Crippen LogP contribution in [-0.4, -0.2) is 13.3 Å². The van der Waals surface area contributed by atoms with Crippen LogP contribution in [0.4, 0.5) is 0 Å². The van der Waals surface area contributed by atoms with Crippen LogP contribution in [-0.2, 0) is 0 Å². The van der Waals surface area contributed by atoms with Crippen LogP contribution in [0.2, 0.25) is 0 Å². The maximum absolute atomic E-state index is 4.07. The summed E-state index contributed by atoms with van der Waals surface area (Å²) in [5.74, 6) is 0.501. The van der Waals surface area contributed by atoms with Gasteiger partial charge in [0.25, 0.3) is 0 Å². The Hall–Kier alpha value is -1.11. The molecule has 1 atom stereocenters. The lowest BCUT2D eigenvalue weighted by molar-refractivity contribution is 0.700. The van der Waals surface area contributed by atoms with E-state index in [4.69, 9.17) is 0 Å². The van der Waals surface area contributed by atoms with Crippen molar-refractivity contribution in [1.82, 2.24) is 0 Å². The highest BCUT2D eigenvalue weighted by atomic mass is 14.6. The smallest absolute Gasteiger partial charge is 0.0277 e. The van der Waals surface area contributed by atoms with Crippen molar-refractivity contribution in [2.75, 3.05) is 7.05 Å². The summed E-state index contributed by atoms with van der Waals surface area (Å²) in [6.07, 6.45) is 7.26. The van der Waals surface area contributed by atoms with Crippen molar-refractivity contribution in [2.24, 2.45) is 10.9 Å². The number of hydrogen-bond donors (Lipinski definition) is 0. The minimum absolute atomic E-state index is 0.501. The maximum Gasteiger partial charge on any atom is 0.0277 e. The number of allylic oxidation sites excluding steroid dienone is 5. The Morgan fingerprint density at radius 2 is 1.93 bits per heavy atom. The first-order chi connectivity index (χ1) is 7.06. The Kier molecular flexibility index (Phi) is 6.68. The number of aliphatic imine (C=N–C) groups is 1. The SMILES string of the molecule is C=C(C)/C(=C/C)CC(C)C(/C=N\C)=C/C. The summed E-state index contributed by atoms with van der Waals surface area (Å²) in [6, 6.07) is 0. The first kappa shape index (κ1) is 13.9. The van der Waals surface area contributed by atoms with Crippen molar-refractivity contribution in [3.63, 3.8) is 0 Å². The van der Waals surface area contributed by atoms with E-state index in [1.165, 1.54) is 11.1 Å². The van der Waals surface area contributed by atoms with Gasteiger partial charge in [0.15, 0.2) is 0 Å². The summed E-state index contributed by atoms with van der Waals surface area (Å²) in [5, 5.41) is 0. The standard InChI is InChI=1S/C14H23N/c1-7-13(11(3)4)9-12(5)14(8-2)10-15-6/h7-8,10,12H,3,9H2,1-2,4-6H3/b13-7+,14-8+,15-10-. The fourth-order valence-electron chi connectivity index (χ4n) is 1.62. The zero-order chi connectivity index (χ0) is 11.8. The van der Waals surface area contributed by atoms with Gasteiger partial charge in [0, 0.05) is 13.3 Å². The molecule has 0 saturated carbocycles. The molecule has 0 spiro atoms. The predicted molar refractivity (Wildman–Crippen MR) is 70.5 cm³/mol. The minimum atomic E-state index is 0.501. The van der Waals surface area contributed by atoms with Gasteiger partial charge < -0.3 is 0 Å². The maximum atomic E-state index is 4.07. The van der Waals surface area contributed by atoms with E-state index >= 15 is 0 Å². The summed E-state index contributed by atoms with van der Waals surface area (Å²) in [7, 11) is 1.81. The van der Waals surface area contributed by atoms with Gasteiger partial charge >= 0.3 is 0 Å². The molecular formula is C14H23N. The lowest BCUT2D eigenvalue weighted by atomic mass is 9.91. The van der Waals surface area contributed by atoms with Gasteiger partial charge in [-0.15, -0.1) is 0 Å². The third-order valence-corrected chi connectivity index (χ3v) is 2.60. The van der Waals surface area contributed by atoms with Gasteiger partial charge in [-0.3, -0.25) is 4.99 Å². The molecule has 15 heavy (non-hydrogen) atoms. The molecule has 0 aromatic carbocycles. The molecular weight excluding hydrogens is 182 g/mol. The molecule has 0 aliphatic rings. The zero-order valence-electron chi connectivity index (χ0n) is 10.7. The molecule has 0 radical (unpaired) electrons. The van der Waals surface area contributed by atoms with Crippen LogP contribution in [0.1, 0.15) is 34.1 Å². The Labute approximate surface area is 94.3 Å². The molecule has 1 heteroatoms. The van der Waals surface area contributed by atoms with Crippen LogP contribution in [0.15, 0.2) is 40.4 Å². The molecule has 0 fully saturated rings. The monoisotopic (exact) mass is 205 g/mol. The summed E-state index contributed by atoms with van der Waals surface area (Å²) in [4.78, 5) is 4.07. The number of hydrogen-bond acceptors (Lipinski definition) is 1. The van der Waals surface area contributed by atoms with Crippen LogP contribution in [0.5, 0.6) is 0 Å². The summed E-state index contributed by atoms with van der Waals surface area (Å²) < 4.78 is 0. The van der Waals surface area contributed by atoms with Crippen LogP contribution >= 0.6 is 0 Å². The molecule has 0 bridgehead atoms. The van der Waals surface area contributed by atoms with E-state index in [2.05, 4.69) is 51.4 Å². The van der Waals surface area contributed by atoms with E-state index in [0.29, 0.717) is 5.92 Å². The second-order valence-corrected chi connectivity index (χ2v) is 3.88. The molecule has 0 N–H and O–H groups in total. The molecule has 1 nitrogen and oxygen atoms in total. The zero-order valence-corrected chi connectivity index (χ0v) is 10.7. The second-order valence-electron chi connectivity index (χ2n) is 3.88. The fourth-order valence-corrected chi connectivity index (χ4v) is 1.62. The van der Waals surface area contributed by atoms with Gasteiger partial charge in [0.05, 0.1) is 0 Å². The molecule has 0 aromatic rings. The second kappa shape index (κ2) is 7.22. The minimum Gasteiger partial charge on any atom is -0.296 e. The fraction of sp³-hybridized carbons (Fsp3) is 0.500. The quantitative estimate of drug-likeness (QED) is 0.471. The van der Waals surface area contributed by atoms with Crippen LogP contribution in [0.25, 0.3) is 0 Å². The normalized spacial score (nSPS) is 15.8. The predicted octanol–water partition coefficient (Wildman–Crippen LogP) is 4.18. The molecule has 1 unspecified atom stereocenters. The van der Waals surface area contributed by atoms with E-state index in [-0.39, 0.29) is 0 Å². The molecule has 0 rings (SSSR count). The first-order valence-electron chi connectivity index (χ1n) is 5.46. The van der Waals surface area contributed by atoms with Gasteiger partial charge in [-0.25, -0.2) is 0 Å². The van der Waals surface area contributed by atoms with E-state index in [1.54, 1.807) is 0 Å². The van der Waals surface area contributed by atoms with Crippen molar-refractivity contribution < 1.29 is 0 Å². The number of nitrogens with zero attached hydrogens (tertiary/aromatic N) is 1. The molecule has 0 aliphatic carbocycles. The van der Waals surface area contributed by atoms with Crippen LogP contribution in [0, 0.1) is 5.92 Å². The molecule has 0 aromatic heterocycles. The van der Waals surface area contributed by atoms with Crippen molar-refractivity contribution >= 4 is 6.21 Å². The highest BCUT2D eigenvalue weighted by Crippen LogP contribution is 2.22. The van der Waals surface area contributed by atoms with Crippen molar-refractivity contribution in [2.45, 2.75) is 34.1 Å². The molecule has 0 amide bonds. The lowest BCUT2D eigenvalue weighted by Crippen LogP contribution is -2.03. The summed E-state index contributed by atoms with van der Waals surface area (Å²) >= 11 is 0. The van der Waals surface area contributed by atoms with Gasteiger partial charge in [-0.05, 0) is 44.3 Å². The highest BCUT2D eigenvalue weighted by Gasteiger charge is 2.08. The Morgan fingerprint density at radius 3 is 2.27 bits per heavy atom. The van der Waals surface area contributed by atoms with Gasteiger partial charge in [-0.1, -0.05) is 31.2 Å². The summed E-state index contributed by atoms with van der Waals surface area (Å²) in [5.41, 5.74) is 3.79. The summed E-state index contributed by atoms with van der Waals surface area (Å²) in [6.45, 7) is 12.4. The van der Waals surface area contributed by atoms with Gasteiger partial charge in [0.2, 0.25) is 0 Å². The average Bonchev–Trinajstić information content (AvgIpc) is 2.21. The van der Waals surface area contributed by atoms with Crippen LogP contribution in [0.3, 0.4) is 0 Å². The van der Waals surface area contributed by atoms with E-state index in [9.17, 15) is 0 Å². The number of rotatable bonds is 5. The molecule has 84 valence electrons. The largest absolute Gasteiger partial charge is 0.296 e. The highest BCUT2D eigenvalue weighted by molar-refractivity contribution is 5.78. The third-order valence-electron chi connectivity index (χ3n) is 2.60. The molecule has 0 saturated heterocycles. The van der Waals surface area contributed by atoms with E-state index < -0.39 is 0 Å². The average molecular weight is 205 g/mol. The van der Waals surface area contributed by atoms with Crippen molar-refractivity contribution in [3.8, 4) is 0 Å². The van der Waals surface area contributed by atoms with Crippen LogP contribution < -0.4 is 0 Å². The lowest BCUT2D eigenvalue weighted by Gasteiger charge is -2.14. The molecule has 0 aliphatic heterocycles. The first-order valence-corrected chi connectivity index (χ1v) is 5.46. The Balaban J connectivity index is 4.60. The Bertz CT molecular complexity index is 292. The van der Waals surface area contributed by atoms with E-state index in [1.807, 2.05) is 13.3 Å². The van der Waals surface area contributed by atoms with Gasteiger partial charge in [-0.2, -0.15) is 0 Å². The van der Waals surface area contributed by atoms with Gasteiger partial charge in [0.1, 0.15) is 0 Å². The Morgan fingerprint density at radius 1 is 1.33 bits per heavy atom. The van der Waals surface area contributed by atoms with E-state index in [0.717, 1.165) is 12.0 Å². The topological polar surface area (TPSA) is 12.4 Å².